The number of unbranched alkanes of at least 4 members (excludes halogenated alkanes) is 4. The van der Waals surface area contributed by atoms with Crippen molar-refractivity contribution in [3.8, 4) is 5.75 Å². The number of rotatable bonds is 14. The number of hydrogen-bond donors (Lipinski definition) is 1. The number of benzene rings is 2. The number of hydrogen-bond acceptors (Lipinski definition) is 7. The van der Waals surface area contributed by atoms with Gasteiger partial charge in [0.05, 0.1) is 18.8 Å². The molecule has 1 aliphatic heterocycles. The highest BCUT2D eigenvalue weighted by Gasteiger charge is 2.35. The Labute approximate surface area is 230 Å². The number of nitrogens with zero attached hydrogens (tertiary/aromatic N) is 3. The van der Waals surface area contributed by atoms with Gasteiger partial charge in [0.2, 0.25) is 11.1 Å². The van der Waals surface area contributed by atoms with Gasteiger partial charge in [-0.25, -0.2) is 9.48 Å². The first-order chi connectivity index (χ1) is 18.6. The van der Waals surface area contributed by atoms with Crippen molar-refractivity contribution in [3.63, 3.8) is 0 Å². The zero-order valence-corrected chi connectivity index (χ0v) is 23.4. The highest BCUT2D eigenvalue weighted by Crippen LogP contribution is 2.37. The van der Waals surface area contributed by atoms with Crippen LogP contribution in [0, 0.1) is 0 Å². The first-order valence-corrected chi connectivity index (χ1v) is 14.6. The van der Waals surface area contributed by atoms with Gasteiger partial charge in [-0.15, -0.1) is 5.10 Å². The summed E-state index contributed by atoms with van der Waals surface area (Å²) in [7, 11) is 0. The van der Waals surface area contributed by atoms with Crippen LogP contribution in [0.2, 0.25) is 0 Å². The second-order valence-electron chi connectivity index (χ2n) is 9.47. The first kappa shape index (κ1) is 27.8. The molecule has 0 aliphatic carbocycles. The number of fused-ring (bicyclic) bond motifs is 1. The van der Waals surface area contributed by atoms with Gasteiger partial charge in [-0.2, -0.15) is 4.98 Å². The van der Waals surface area contributed by atoms with Crippen molar-refractivity contribution >= 4 is 23.7 Å². The molecule has 0 saturated carbocycles. The monoisotopic (exact) mass is 534 g/mol. The van der Waals surface area contributed by atoms with E-state index in [1.54, 1.807) is 16.4 Å². The molecule has 0 spiro atoms. The van der Waals surface area contributed by atoms with Crippen LogP contribution in [0.4, 0.5) is 5.95 Å². The molecule has 4 rings (SSSR count). The van der Waals surface area contributed by atoms with Gasteiger partial charge in [0.1, 0.15) is 11.8 Å². The Morgan fingerprint density at radius 3 is 2.47 bits per heavy atom. The minimum absolute atomic E-state index is 0.329. The molecule has 0 bridgehead atoms. The van der Waals surface area contributed by atoms with Crippen molar-refractivity contribution in [2.45, 2.75) is 76.2 Å². The summed E-state index contributed by atoms with van der Waals surface area (Å²) in [6.07, 6.45) is 6.45. The lowest BCUT2D eigenvalue weighted by Crippen LogP contribution is -2.29. The van der Waals surface area contributed by atoms with E-state index in [4.69, 9.17) is 19.6 Å². The van der Waals surface area contributed by atoms with Crippen LogP contribution in [-0.4, -0.2) is 33.9 Å². The van der Waals surface area contributed by atoms with Crippen LogP contribution in [0.25, 0.3) is 0 Å². The number of carbonyl (C=O) groups is 1. The van der Waals surface area contributed by atoms with Crippen LogP contribution < -0.4 is 10.1 Å². The molecular formula is C30H38N4O3S. The fraction of sp³-hybridized carbons (Fsp3) is 0.433. The van der Waals surface area contributed by atoms with Crippen molar-refractivity contribution in [2.24, 2.45) is 0 Å². The predicted molar refractivity (Wildman–Crippen MR) is 152 cm³/mol. The molecule has 0 amide bonds. The standard InChI is InChI=1S/C30H38N4O3S/c1-4-6-8-12-20-36-25-17-15-24(16-18-25)27-26(28(35)37-19-7-5-2)22(3)31-29-32-30(33-34(27)29)38-21-23-13-10-9-11-14-23/h9-11,13-18,27H,4-8,12,19-21H2,1-3H3,(H,31,32,33). The second-order valence-corrected chi connectivity index (χ2v) is 10.4. The lowest BCUT2D eigenvalue weighted by molar-refractivity contribution is -0.139. The molecule has 1 atom stereocenters. The van der Waals surface area contributed by atoms with E-state index in [0.717, 1.165) is 42.0 Å². The molecule has 2 heterocycles. The average Bonchev–Trinajstić information content (AvgIpc) is 3.34. The van der Waals surface area contributed by atoms with E-state index in [2.05, 4.69) is 31.3 Å². The summed E-state index contributed by atoms with van der Waals surface area (Å²) in [5.74, 6) is 1.87. The van der Waals surface area contributed by atoms with Crippen LogP contribution in [0.1, 0.15) is 76.5 Å². The van der Waals surface area contributed by atoms with Crippen LogP contribution in [0.5, 0.6) is 5.75 Å². The lowest BCUT2D eigenvalue weighted by atomic mass is 9.96. The number of thioether (sulfide) groups is 1. The third-order valence-corrected chi connectivity index (χ3v) is 7.37. The average molecular weight is 535 g/mol. The van der Waals surface area contributed by atoms with Crippen molar-refractivity contribution in [3.05, 3.63) is 77.0 Å². The summed E-state index contributed by atoms with van der Waals surface area (Å²) < 4.78 is 13.4. The summed E-state index contributed by atoms with van der Waals surface area (Å²) in [4.78, 5) is 18.0. The van der Waals surface area contributed by atoms with Gasteiger partial charge in [-0.3, -0.25) is 0 Å². The Bertz CT molecular complexity index is 1210. The van der Waals surface area contributed by atoms with Crippen LogP contribution in [0.15, 0.2) is 71.0 Å². The van der Waals surface area contributed by atoms with Gasteiger partial charge >= 0.3 is 5.97 Å². The number of ether oxygens (including phenoxy) is 2. The third-order valence-electron chi connectivity index (χ3n) is 6.46. The molecular weight excluding hydrogens is 496 g/mol. The Morgan fingerprint density at radius 1 is 0.974 bits per heavy atom. The van der Waals surface area contributed by atoms with E-state index in [1.165, 1.54) is 24.8 Å². The highest BCUT2D eigenvalue weighted by molar-refractivity contribution is 7.98. The molecule has 1 unspecified atom stereocenters. The Kier molecular flexibility index (Phi) is 10.3. The van der Waals surface area contributed by atoms with Crippen molar-refractivity contribution in [2.75, 3.05) is 18.5 Å². The normalized spacial score (nSPS) is 14.7. The maximum absolute atomic E-state index is 13.3. The molecule has 7 nitrogen and oxygen atoms in total. The second kappa shape index (κ2) is 14.0. The van der Waals surface area contributed by atoms with Crippen molar-refractivity contribution in [1.82, 2.24) is 14.8 Å². The van der Waals surface area contributed by atoms with Crippen molar-refractivity contribution < 1.29 is 14.3 Å². The number of allylic oxidation sites excluding steroid dienone is 1. The molecule has 202 valence electrons. The largest absolute Gasteiger partial charge is 0.494 e. The zero-order chi connectivity index (χ0) is 26.7. The summed E-state index contributed by atoms with van der Waals surface area (Å²) >= 11 is 1.57. The minimum Gasteiger partial charge on any atom is -0.494 e. The molecule has 8 heteroatoms. The molecule has 1 aromatic heterocycles. The number of aromatic nitrogens is 3. The number of esters is 1. The molecule has 0 fully saturated rings. The van der Waals surface area contributed by atoms with Gasteiger partial charge in [0, 0.05) is 11.4 Å². The predicted octanol–water partition coefficient (Wildman–Crippen LogP) is 7.16. The smallest absolute Gasteiger partial charge is 0.338 e. The van der Waals surface area contributed by atoms with Crippen LogP contribution >= 0.6 is 11.8 Å². The van der Waals surface area contributed by atoms with Crippen molar-refractivity contribution in [1.29, 1.82) is 0 Å². The summed E-state index contributed by atoms with van der Waals surface area (Å²) in [6.45, 7) is 7.27. The summed E-state index contributed by atoms with van der Waals surface area (Å²) in [6, 6.07) is 17.7. The first-order valence-electron chi connectivity index (χ1n) is 13.6. The molecule has 1 N–H and O–H groups in total. The van der Waals surface area contributed by atoms with Gasteiger partial charge in [-0.1, -0.05) is 93.8 Å². The molecule has 0 radical (unpaired) electrons. The molecule has 0 saturated heterocycles. The molecule has 1 aliphatic rings. The molecule has 3 aromatic rings. The topological polar surface area (TPSA) is 78.3 Å². The van der Waals surface area contributed by atoms with E-state index in [0.29, 0.717) is 29.9 Å². The Morgan fingerprint density at radius 2 is 1.74 bits per heavy atom. The number of anilines is 1. The molecule has 2 aromatic carbocycles. The Hall–Kier alpha value is -3.26. The van der Waals surface area contributed by atoms with E-state index in [9.17, 15) is 4.79 Å². The minimum atomic E-state index is -0.447. The summed E-state index contributed by atoms with van der Waals surface area (Å²) in [5.41, 5.74) is 3.41. The highest BCUT2D eigenvalue weighted by atomic mass is 32.2. The zero-order valence-electron chi connectivity index (χ0n) is 22.6. The SMILES string of the molecule is CCCCCCOc1ccc(C2C(C(=O)OCCCC)=C(C)Nc3nc(SCc4ccccc4)nn32)cc1. The van der Waals surface area contributed by atoms with Gasteiger partial charge in [0.15, 0.2) is 0 Å². The maximum atomic E-state index is 13.3. The summed E-state index contributed by atoms with van der Waals surface area (Å²) in [5, 5.41) is 8.76. The van der Waals surface area contributed by atoms with E-state index >= 15 is 0 Å². The van der Waals surface area contributed by atoms with Gasteiger partial charge in [0.25, 0.3) is 0 Å². The van der Waals surface area contributed by atoms with E-state index in [1.807, 2.05) is 49.4 Å². The Balaban J connectivity index is 1.57. The van der Waals surface area contributed by atoms with E-state index < -0.39 is 6.04 Å². The van der Waals surface area contributed by atoms with Gasteiger partial charge < -0.3 is 14.8 Å². The lowest BCUT2D eigenvalue weighted by Gasteiger charge is -2.28. The number of nitrogens with one attached hydrogen (secondary N) is 1. The van der Waals surface area contributed by atoms with E-state index in [-0.39, 0.29) is 5.97 Å². The molecule has 38 heavy (non-hydrogen) atoms. The quantitative estimate of drug-likeness (QED) is 0.133. The van der Waals surface area contributed by atoms with Gasteiger partial charge in [-0.05, 0) is 43.0 Å². The fourth-order valence-electron chi connectivity index (χ4n) is 4.34. The van der Waals surface area contributed by atoms with Crippen LogP contribution in [0.3, 0.4) is 0 Å². The fourth-order valence-corrected chi connectivity index (χ4v) is 5.12. The maximum Gasteiger partial charge on any atom is 0.338 e. The van der Waals surface area contributed by atoms with Crippen LogP contribution in [-0.2, 0) is 15.3 Å². The third kappa shape index (κ3) is 7.19. The number of carbonyl (C=O) groups excluding carboxylic acids is 1.